The van der Waals surface area contributed by atoms with Crippen LogP contribution in [0.15, 0.2) is 0 Å². The molecule has 0 saturated carbocycles. The van der Waals surface area contributed by atoms with Gasteiger partial charge in [0.2, 0.25) is 0 Å². The van der Waals surface area contributed by atoms with Gasteiger partial charge < -0.3 is 44.5 Å². The zero-order valence-corrected chi connectivity index (χ0v) is 54.5. The van der Waals surface area contributed by atoms with Gasteiger partial charge in [-0.3, -0.25) is 9.59 Å². The summed E-state index contributed by atoms with van der Waals surface area (Å²) < 4.78 is 27.2. The van der Waals surface area contributed by atoms with Gasteiger partial charge in [-0.2, -0.15) is 0 Å². The van der Waals surface area contributed by atoms with E-state index in [0.29, 0.717) is 19.4 Å². The van der Waals surface area contributed by atoms with E-state index in [1.54, 1.807) is 0 Å². The number of carbonyl (C=O) groups is 2. The van der Waals surface area contributed by atoms with Crippen LogP contribution in [-0.4, -0.2) is 132 Å². The summed E-state index contributed by atoms with van der Waals surface area (Å²) in [5.74, 6) is 2.19. The summed E-state index contributed by atoms with van der Waals surface area (Å²) in [4.78, 5) is 22.7. The first-order chi connectivity index (χ1) is 32.7. The summed E-state index contributed by atoms with van der Waals surface area (Å²) >= 11 is 23.4. The summed E-state index contributed by atoms with van der Waals surface area (Å²) in [6.07, 6.45) is 30.6. The zero-order valence-electron chi connectivity index (χ0n) is 45.9. The molecule has 0 aromatic rings. The van der Waals surface area contributed by atoms with Crippen LogP contribution in [-0.2, 0) is 33.3 Å². The molecule has 0 aliphatic rings. The van der Waals surface area contributed by atoms with Gasteiger partial charge in [-0.25, -0.2) is 0 Å². The Labute approximate surface area is 505 Å². The van der Waals surface area contributed by atoms with E-state index >= 15 is 0 Å². The Morgan fingerprint density at radius 2 is 0.586 bits per heavy atom. The fraction of sp³-hybridized carbons (Fsp3) is 0.962. The molecule has 0 unspecified atom stereocenters. The molecule has 0 rings (SSSR count). The van der Waals surface area contributed by atoms with Crippen LogP contribution in [0.3, 0.4) is 0 Å². The van der Waals surface area contributed by atoms with Gasteiger partial charge in [0.05, 0.1) is 0 Å². The van der Waals surface area contributed by atoms with Crippen LogP contribution in [0.5, 0.6) is 0 Å². The van der Waals surface area contributed by atoms with Crippen molar-refractivity contribution in [1.29, 1.82) is 0 Å². The molecular weight excluding hydrogens is 1120 g/mol. The van der Waals surface area contributed by atoms with Gasteiger partial charge in [-0.15, -0.1) is 34.8 Å². The molecule has 4 N–H and O–H groups in total. The maximum Gasteiger partial charge on any atom is 1.00 e. The fourth-order valence-corrected chi connectivity index (χ4v) is 6.97. The second kappa shape index (κ2) is 75.4. The van der Waals surface area contributed by atoms with Gasteiger partial charge in [0, 0.05) is 101 Å². The van der Waals surface area contributed by atoms with Gasteiger partial charge in [0.1, 0.15) is 11.2 Å². The van der Waals surface area contributed by atoms with Gasteiger partial charge in [0.25, 0.3) is 0 Å². The van der Waals surface area contributed by atoms with Crippen LogP contribution < -0.4 is 51.4 Å². The van der Waals surface area contributed by atoms with Gasteiger partial charge >= 0.3 is 63.3 Å². The number of aliphatic hydroxyl groups is 3. The number of ether oxygens (including phenoxy) is 5. The third kappa shape index (κ3) is 103. The quantitative estimate of drug-likeness (QED) is 0.0230. The Bertz CT molecular complexity index is 920. The maximum absolute atomic E-state index is 11.6. The number of alkyl halides is 5. The predicted octanol–water partition coefficient (Wildman–Crippen LogP) is 12.3. The number of esters is 2. The molecule has 0 bridgehead atoms. The van der Waals surface area contributed by atoms with Crippen LogP contribution in [0.25, 0.3) is 0 Å². The first kappa shape index (κ1) is 86.0. The number of hydrogen-bond acceptors (Lipinski definition) is 11. The Morgan fingerprint density at radius 1 is 0.371 bits per heavy atom. The molecule has 17 heteroatoms. The summed E-state index contributed by atoms with van der Waals surface area (Å²) in [5, 5.41) is 27.1. The summed E-state index contributed by atoms with van der Waals surface area (Å²) in [5.41, 5.74) is -0.720. The molecule has 11 nitrogen and oxygen atoms in total. The summed E-state index contributed by atoms with van der Waals surface area (Å²) in [6.45, 7) is 17.2. The number of unbranched alkanes of at least 4 members (excludes halogenated alkanes) is 19. The average molecular weight is 1230 g/mol. The van der Waals surface area contributed by atoms with Crippen molar-refractivity contribution in [3.8, 4) is 0 Å². The molecule has 0 amide bonds. The number of hydrogen-bond donors (Lipinski definition) is 3. The van der Waals surface area contributed by atoms with Crippen molar-refractivity contribution in [2.24, 2.45) is 0 Å². The molecule has 0 fully saturated rings. The predicted molar refractivity (Wildman–Crippen MR) is 301 cm³/mol. The van der Waals surface area contributed by atoms with Crippen molar-refractivity contribution in [3.63, 3.8) is 0 Å². The van der Waals surface area contributed by atoms with Crippen molar-refractivity contribution in [2.75, 3.05) is 87.8 Å². The SMILES string of the molecule is CC(C)(C)OC(=O)CCCCCBr.CC(C)(C)OC(=O)CCCCCOCCCCCOCCCCCCCl.ClCCCCCCBr.OCCCCCO.OCCCCCOCCCCCCCl.[K+].[OH-]. The minimum absolute atomic E-state index is 0. The Kier molecular flexibility index (Phi) is 92.6. The van der Waals surface area contributed by atoms with Crippen molar-refractivity contribution in [2.45, 2.75) is 239 Å². The molecule has 0 saturated heterocycles. The second-order valence-electron chi connectivity index (χ2n) is 18.7. The normalized spacial score (nSPS) is 10.7. The molecular formula is C53H108Br2Cl3KO11. The van der Waals surface area contributed by atoms with E-state index in [-0.39, 0.29) is 93.2 Å². The van der Waals surface area contributed by atoms with E-state index in [1.165, 1.54) is 51.4 Å². The van der Waals surface area contributed by atoms with Crippen LogP contribution in [0.2, 0.25) is 0 Å². The van der Waals surface area contributed by atoms with Gasteiger partial charge in [-0.1, -0.05) is 83.2 Å². The first-order valence-electron chi connectivity index (χ1n) is 26.4. The Morgan fingerprint density at radius 3 is 0.843 bits per heavy atom. The van der Waals surface area contributed by atoms with Crippen LogP contribution in [0, 0.1) is 0 Å². The monoisotopic (exact) mass is 1220 g/mol. The molecule has 0 aromatic carbocycles. The minimum atomic E-state index is -0.379. The largest absolute Gasteiger partial charge is 1.00 e. The number of halogens is 5. The molecule has 0 aliphatic heterocycles. The Hall–Kier alpha value is 2.13. The van der Waals surface area contributed by atoms with Gasteiger partial charge in [0.15, 0.2) is 0 Å². The van der Waals surface area contributed by atoms with Crippen LogP contribution in [0.1, 0.15) is 228 Å². The van der Waals surface area contributed by atoms with E-state index < -0.39 is 0 Å². The average Bonchev–Trinajstić information content (AvgIpc) is 3.28. The minimum Gasteiger partial charge on any atom is -0.870 e. The van der Waals surface area contributed by atoms with Crippen LogP contribution in [0.4, 0.5) is 0 Å². The topological polar surface area (TPSA) is 171 Å². The third-order valence-corrected chi connectivity index (χ3v) is 11.1. The zero-order chi connectivity index (χ0) is 52.1. The molecule has 0 aromatic heterocycles. The van der Waals surface area contributed by atoms with Gasteiger partial charge in [-0.05, 0) is 164 Å². The van der Waals surface area contributed by atoms with Crippen LogP contribution >= 0.6 is 66.7 Å². The van der Waals surface area contributed by atoms with E-state index in [9.17, 15) is 9.59 Å². The van der Waals surface area contributed by atoms with E-state index in [2.05, 4.69) is 31.9 Å². The van der Waals surface area contributed by atoms with Crippen molar-refractivity contribution in [1.82, 2.24) is 0 Å². The first-order valence-corrected chi connectivity index (χ1v) is 30.3. The van der Waals surface area contributed by atoms with E-state index in [0.717, 1.165) is 190 Å². The number of aliphatic hydroxyl groups excluding tert-OH is 3. The summed E-state index contributed by atoms with van der Waals surface area (Å²) in [7, 11) is 0. The van der Waals surface area contributed by atoms with Crippen molar-refractivity contribution >= 4 is 78.6 Å². The van der Waals surface area contributed by atoms with Crippen molar-refractivity contribution < 1.29 is 105 Å². The number of carbonyl (C=O) groups excluding carboxylic acids is 2. The molecule has 0 heterocycles. The summed E-state index contributed by atoms with van der Waals surface area (Å²) in [6, 6.07) is 0. The standard InChI is InChI=1S/C21H41ClO4.C11H23ClO2.C10H19BrO2.C6H12BrCl.C5H12O2.K.H2O/c1-21(2,3)26-20(23)14-8-6-11-17-25-19-13-7-12-18-24-16-10-5-4-9-15-22;12-8-4-1-2-6-10-14-11-7-3-5-9-13;1-10(2,3)13-9(12)7-5-4-6-8-11;7-5-3-1-2-4-6-8;6-4-2-1-3-5-7;;/h4-19H2,1-3H3;13H,1-11H2;4-8H2,1-3H3;1-6H2;6-7H,1-5H2;;1H2/q;;;;;+1;/p-1. The molecule has 0 radical (unpaired) electrons. The van der Waals surface area contributed by atoms with E-state index in [1.807, 2.05) is 41.5 Å². The molecule has 0 spiro atoms. The third-order valence-electron chi connectivity index (χ3n) is 9.23. The Balaban J connectivity index is -0.000000154. The number of rotatable bonds is 43. The fourth-order valence-electron chi connectivity index (χ4n) is 5.61. The molecule has 422 valence electrons. The second-order valence-corrected chi connectivity index (χ2v) is 21.4. The van der Waals surface area contributed by atoms with E-state index in [4.69, 9.17) is 73.8 Å². The maximum atomic E-state index is 11.6. The molecule has 70 heavy (non-hydrogen) atoms. The molecule has 0 aliphatic carbocycles. The van der Waals surface area contributed by atoms with Crippen molar-refractivity contribution in [3.05, 3.63) is 0 Å². The molecule has 0 atom stereocenters. The smallest absolute Gasteiger partial charge is 0.870 e.